The fourth-order valence-electron chi connectivity index (χ4n) is 1.34. The summed E-state index contributed by atoms with van der Waals surface area (Å²) in [7, 11) is 0. The van der Waals surface area contributed by atoms with Gasteiger partial charge >= 0.3 is 0 Å². The second-order valence-corrected chi connectivity index (χ2v) is 4.40. The van der Waals surface area contributed by atoms with Gasteiger partial charge in [-0.05, 0) is 30.3 Å². The summed E-state index contributed by atoms with van der Waals surface area (Å²) >= 11 is 1.43. The number of nitrogens with zero attached hydrogens (tertiary/aromatic N) is 2. The maximum absolute atomic E-state index is 9.66. The van der Waals surface area contributed by atoms with Crippen LogP contribution in [-0.2, 0) is 12.8 Å². The molecule has 1 aliphatic rings. The van der Waals surface area contributed by atoms with Crippen molar-refractivity contribution in [3.05, 3.63) is 10.8 Å². The standard InChI is InChI=1S/C9H14N2OS/c1-2-8-10-9(13-11-8)5-7(12)6-3-4-6/h6-7,12H,2-5H2,1H3. The lowest BCUT2D eigenvalue weighted by Crippen LogP contribution is -2.12. The highest BCUT2D eigenvalue weighted by atomic mass is 32.1. The Morgan fingerprint density at radius 1 is 1.62 bits per heavy atom. The minimum Gasteiger partial charge on any atom is -0.392 e. The molecule has 0 spiro atoms. The minimum absolute atomic E-state index is 0.183. The summed E-state index contributed by atoms with van der Waals surface area (Å²) < 4.78 is 4.19. The molecule has 0 saturated heterocycles. The molecule has 1 atom stereocenters. The molecule has 0 aromatic carbocycles. The summed E-state index contributed by atoms with van der Waals surface area (Å²) in [6.45, 7) is 2.04. The molecular formula is C9H14N2OS. The van der Waals surface area contributed by atoms with E-state index in [-0.39, 0.29) is 6.10 Å². The van der Waals surface area contributed by atoms with Crippen LogP contribution in [0.15, 0.2) is 0 Å². The van der Waals surface area contributed by atoms with Crippen molar-refractivity contribution in [2.24, 2.45) is 5.92 Å². The highest BCUT2D eigenvalue weighted by Gasteiger charge is 2.30. The van der Waals surface area contributed by atoms with Crippen LogP contribution in [0.5, 0.6) is 0 Å². The Kier molecular flexibility index (Phi) is 2.60. The van der Waals surface area contributed by atoms with Crippen molar-refractivity contribution in [1.29, 1.82) is 0 Å². The van der Waals surface area contributed by atoms with Crippen molar-refractivity contribution in [1.82, 2.24) is 9.36 Å². The normalized spacial score (nSPS) is 18.9. The maximum Gasteiger partial charge on any atom is 0.142 e. The molecule has 1 aromatic heterocycles. The first-order chi connectivity index (χ1) is 6.29. The van der Waals surface area contributed by atoms with Gasteiger partial charge in [0.15, 0.2) is 0 Å². The van der Waals surface area contributed by atoms with Crippen molar-refractivity contribution < 1.29 is 5.11 Å². The van der Waals surface area contributed by atoms with Crippen LogP contribution in [0, 0.1) is 5.92 Å². The molecule has 3 nitrogen and oxygen atoms in total. The molecular weight excluding hydrogens is 184 g/mol. The molecule has 1 fully saturated rings. The zero-order valence-corrected chi connectivity index (χ0v) is 8.55. The van der Waals surface area contributed by atoms with Gasteiger partial charge in [0.2, 0.25) is 0 Å². The van der Waals surface area contributed by atoms with E-state index in [1.807, 2.05) is 6.92 Å². The third kappa shape index (κ3) is 2.25. The first-order valence-electron chi connectivity index (χ1n) is 4.79. The van der Waals surface area contributed by atoms with E-state index in [9.17, 15) is 5.11 Å². The van der Waals surface area contributed by atoms with E-state index < -0.39 is 0 Å². The van der Waals surface area contributed by atoms with E-state index in [1.165, 1.54) is 24.4 Å². The summed E-state index contributed by atoms with van der Waals surface area (Å²) in [6, 6.07) is 0. The summed E-state index contributed by atoms with van der Waals surface area (Å²) in [6.07, 6.45) is 3.76. The summed E-state index contributed by atoms with van der Waals surface area (Å²) in [4.78, 5) is 4.33. The first kappa shape index (κ1) is 9.09. The van der Waals surface area contributed by atoms with Crippen molar-refractivity contribution in [2.75, 3.05) is 0 Å². The van der Waals surface area contributed by atoms with E-state index >= 15 is 0 Å². The van der Waals surface area contributed by atoms with Crippen LogP contribution in [0.1, 0.15) is 30.6 Å². The average molecular weight is 198 g/mol. The van der Waals surface area contributed by atoms with Gasteiger partial charge < -0.3 is 5.11 Å². The summed E-state index contributed by atoms with van der Waals surface area (Å²) in [5.41, 5.74) is 0. The van der Waals surface area contributed by atoms with Crippen molar-refractivity contribution >= 4 is 11.5 Å². The fraction of sp³-hybridized carbons (Fsp3) is 0.778. The van der Waals surface area contributed by atoms with Gasteiger partial charge in [-0.1, -0.05) is 6.92 Å². The van der Waals surface area contributed by atoms with Crippen molar-refractivity contribution in [2.45, 2.75) is 38.7 Å². The summed E-state index contributed by atoms with van der Waals surface area (Å²) in [5, 5.41) is 10.6. The number of hydrogen-bond donors (Lipinski definition) is 1. The van der Waals surface area contributed by atoms with Crippen LogP contribution in [0.4, 0.5) is 0 Å². The largest absolute Gasteiger partial charge is 0.392 e. The minimum atomic E-state index is -0.183. The number of aromatic nitrogens is 2. The molecule has 0 aliphatic heterocycles. The van der Waals surface area contributed by atoms with Gasteiger partial charge in [-0.25, -0.2) is 4.98 Å². The monoisotopic (exact) mass is 198 g/mol. The first-order valence-corrected chi connectivity index (χ1v) is 5.56. The zero-order valence-electron chi connectivity index (χ0n) is 7.73. The maximum atomic E-state index is 9.66. The van der Waals surface area contributed by atoms with Crippen LogP contribution in [0.3, 0.4) is 0 Å². The predicted molar refractivity (Wildman–Crippen MR) is 51.7 cm³/mol. The quantitative estimate of drug-likeness (QED) is 0.795. The second-order valence-electron chi connectivity index (χ2n) is 3.57. The molecule has 1 N–H and O–H groups in total. The topological polar surface area (TPSA) is 46.0 Å². The number of aliphatic hydroxyl groups excluding tert-OH is 1. The Hall–Kier alpha value is -0.480. The molecule has 0 bridgehead atoms. The Bertz CT molecular complexity index is 283. The van der Waals surface area contributed by atoms with Gasteiger partial charge in [0.1, 0.15) is 10.8 Å². The third-order valence-electron chi connectivity index (χ3n) is 2.38. The highest BCUT2D eigenvalue weighted by Crippen LogP contribution is 2.34. The van der Waals surface area contributed by atoms with Gasteiger partial charge in [0.25, 0.3) is 0 Å². The van der Waals surface area contributed by atoms with Gasteiger partial charge in [0, 0.05) is 12.8 Å². The second kappa shape index (κ2) is 3.72. The highest BCUT2D eigenvalue weighted by molar-refractivity contribution is 7.05. The van der Waals surface area contributed by atoms with E-state index in [2.05, 4.69) is 9.36 Å². The number of aliphatic hydroxyl groups is 1. The molecule has 72 valence electrons. The van der Waals surface area contributed by atoms with Gasteiger partial charge in [-0.3, -0.25) is 0 Å². The van der Waals surface area contributed by atoms with E-state index in [0.29, 0.717) is 12.3 Å². The molecule has 1 unspecified atom stereocenters. The molecule has 1 saturated carbocycles. The van der Waals surface area contributed by atoms with Crippen molar-refractivity contribution in [3.8, 4) is 0 Å². The van der Waals surface area contributed by atoms with Crippen molar-refractivity contribution in [3.63, 3.8) is 0 Å². The van der Waals surface area contributed by atoms with Gasteiger partial charge in [-0.15, -0.1) is 0 Å². The van der Waals surface area contributed by atoms with Gasteiger partial charge in [-0.2, -0.15) is 4.37 Å². The SMILES string of the molecule is CCc1nsc(CC(O)C2CC2)n1. The van der Waals surface area contributed by atoms with Crippen LogP contribution in [0.25, 0.3) is 0 Å². The van der Waals surface area contributed by atoms with Crippen LogP contribution in [-0.4, -0.2) is 20.6 Å². The molecule has 2 rings (SSSR count). The van der Waals surface area contributed by atoms with E-state index in [1.54, 1.807) is 0 Å². The molecule has 1 heterocycles. The Labute approximate surface area is 82.0 Å². The van der Waals surface area contributed by atoms with Gasteiger partial charge in [0.05, 0.1) is 6.10 Å². The van der Waals surface area contributed by atoms with Crippen LogP contribution >= 0.6 is 11.5 Å². The number of rotatable bonds is 4. The van der Waals surface area contributed by atoms with Crippen LogP contribution < -0.4 is 0 Å². The molecule has 0 amide bonds. The lowest BCUT2D eigenvalue weighted by atomic mass is 10.2. The number of aryl methyl sites for hydroxylation is 1. The smallest absolute Gasteiger partial charge is 0.142 e. The molecule has 1 aliphatic carbocycles. The fourth-order valence-corrected chi connectivity index (χ4v) is 2.12. The van der Waals surface area contributed by atoms with E-state index in [4.69, 9.17) is 0 Å². The Morgan fingerprint density at radius 2 is 2.38 bits per heavy atom. The summed E-state index contributed by atoms with van der Waals surface area (Å²) in [5.74, 6) is 1.44. The third-order valence-corrected chi connectivity index (χ3v) is 3.15. The zero-order chi connectivity index (χ0) is 9.26. The predicted octanol–water partition coefficient (Wildman–Crippen LogP) is 1.41. The number of hydrogen-bond acceptors (Lipinski definition) is 4. The lowest BCUT2D eigenvalue weighted by molar-refractivity contribution is 0.151. The molecule has 13 heavy (non-hydrogen) atoms. The Morgan fingerprint density at radius 3 is 2.92 bits per heavy atom. The average Bonchev–Trinajstić information content (AvgIpc) is 2.88. The molecule has 4 heteroatoms. The van der Waals surface area contributed by atoms with Crippen LogP contribution in [0.2, 0.25) is 0 Å². The van der Waals surface area contributed by atoms with E-state index in [0.717, 1.165) is 17.3 Å². The molecule has 0 radical (unpaired) electrons. The lowest BCUT2D eigenvalue weighted by Gasteiger charge is -2.04. The Balaban J connectivity index is 1.92. The molecule has 1 aromatic rings.